The number of alkyl carbamates (subject to hydrolysis) is 4. The third-order valence-electron chi connectivity index (χ3n) is 17.1. The Morgan fingerprint density at radius 2 is 0.807 bits per heavy atom. The summed E-state index contributed by atoms with van der Waals surface area (Å²) in [4.78, 5) is 135. The Bertz CT molecular complexity index is 5240. The number of furan rings is 2. The van der Waals surface area contributed by atoms with Crippen LogP contribution in [0.25, 0.3) is 65.8 Å². The summed E-state index contributed by atoms with van der Waals surface area (Å²) in [5.74, 6) is -4.35. The number of carboxylic acid groups (broad SMARTS) is 4. The number of phenols is 2. The van der Waals surface area contributed by atoms with Gasteiger partial charge in [0.15, 0.2) is 0 Å². The van der Waals surface area contributed by atoms with Crippen LogP contribution in [0.4, 0.5) is 30.6 Å². The van der Waals surface area contributed by atoms with Crippen molar-refractivity contribution in [2.75, 3.05) is 26.2 Å². The maximum absolute atomic E-state index is 12.1. The van der Waals surface area contributed by atoms with Gasteiger partial charge in [0.1, 0.15) is 95.1 Å². The molecule has 38 nitrogen and oxygen atoms in total. The van der Waals surface area contributed by atoms with Gasteiger partial charge in [-0.3, -0.25) is 39.4 Å². The number of unbranched alkanes of at least 4 members (excludes halogenated alkanes) is 4. The monoisotopic (exact) mass is 1650 g/mol. The van der Waals surface area contributed by atoms with Crippen molar-refractivity contribution < 1.29 is 115 Å². The molecular weight excluding hydrogens is 1570 g/mol. The molecule has 0 saturated heterocycles. The lowest BCUT2D eigenvalue weighted by molar-refractivity contribution is -0.386. The molecule has 0 saturated carbocycles. The Balaban J connectivity index is 0.000000211. The van der Waals surface area contributed by atoms with Gasteiger partial charge in [0, 0.05) is 93.9 Å². The summed E-state index contributed by atoms with van der Waals surface area (Å²) in [6.07, 6.45) is 1.94. The van der Waals surface area contributed by atoms with E-state index >= 15 is 0 Å². The number of ether oxygens (including phenoxy) is 4. The van der Waals surface area contributed by atoms with Crippen LogP contribution >= 0.6 is 15.9 Å². The van der Waals surface area contributed by atoms with Gasteiger partial charge in [-0.15, -0.1) is 0 Å². The number of nitro groups is 2. The summed E-state index contributed by atoms with van der Waals surface area (Å²) in [6, 6.07) is 26.4. The predicted octanol–water partition coefficient (Wildman–Crippen LogP) is 10.5. The summed E-state index contributed by atoms with van der Waals surface area (Å²) in [6.45, 7) is 2.16. The second-order valence-corrected chi connectivity index (χ2v) is 26.4. The number of benzene rings is 6. The number of rotatable bonds is 34. The van der Waals surface area contributed by atoms with E-state index in [9.17, 15) is 78.4 Å². The summed E-state index contributed by atoms with van der Waals surface area (Å²) in [5, 5.41) is 91.1. The molecule has 10 rings (SSSR count). The van der Waals surface area contributed by atoms with E-state index in [0.29, 0.717) is 150 Å². The summed E-state index contributed by atoms with van der Waals surface area (Å²) < 4.78 is 42.4. The second-order valence-electron chi connectivity index (χ2n) is 25.5. The van der Waals surface area contributed by atoms with Crippen LogP contribution in [-0.2, 0) is 57.9 Å². The van der Waals surface area contributed by atoms with E-state index in [1.165, 1.54) is 42.5 Å². The summed E-state index contributed by atoms with van der Waals surface area (Å²) in [7, 11) is 0. The van der Waals surface area contributed by atoms with Crippen LogP contribution in [-0.4, -0.2) is 139 Å². The third kappa shape index (κ3) is 26.6. The number of nitro benzene ring substituents is 2. The maximum Gasteiger partial charge on any atom is 0.407 e. The van der Waals surface area contributed by atoms with Crippen LogP contribution in [0.2, 0.25) is 0 Å². The van der Waals surface area contributed by atoms with E-state index in [4.69, 9.17) is 80.0 Å². The number of hydrogen-bond acceptors (Lipinski definition) is 28. The maximum atomic E-state index is 12.1. The van der Waals surface area contributed by atoms with Crippen molar-refractivity contribution in [1.82, 2.24) is 21.3 Å². The molecule has 4 aromatic heterocycles. The minimum absolute atomic E-state index is 0.0425. The molecular formula is C75H83BrN10O28. The fraction of sp³-hybridized carbons (Fsp3) is 0.333. The smallest absolute Gasteiger partial charge is 0.407 e. The Morgan fingerprint density at radius 3 is 1.24 bits per heavy atom. The largest absolute Gasteiger partial charge is 0.508 e. The van der Waals surface area contributed by atoms with Crippen molar-refractivity contribution in [1.29, 1.82) is 0 Å². The Kier molecular flexibility index (Phi) is 33.3. The molecule has 0 radical (unpaired) electrons. The van der Waals surface area contributed by atoms with Gasteiger partial charge in [0.25, 0.3) is 11.4 Å². The fourth-order valence-corrected chi connectivity index (χ4v) is 11.5. The van der Waals surface area contributed by atoms with Crippen molar-refractivity contribution >= 4 is 141 Å². The average Bonchev–Trinajstić information content (AvgIpc) is 1.68. The number of aromatic hydroxyl groups is 2. The average molecular weight is 1650 g/mol. The molecule has 0 bridgehead atoms. The number of carbonyl (C=O) groups is 8. The normalized spacial score (nSPS) is 12.3. The molecule has 0 aliphatic heterocycles. The first-order valence-electron chi connectivity index (χ1n) is 35.3. The standard InChI is InChI=1S/C21H23N3O7.C20H21N3O7.C17H19BrN2O7.C17H20N2O7/c1-12(30-21(27)23-9-5-4-7-16(22)20(25)26)14-10-15-13-6-2-3-8-18(13)31-19(15)11-17(14)24(28)29;21-15(19(24)25)6-3-4-8-22-20(26)29-11-12-9-14-13-5-1-2-7-17(13)30-18(14)10-16(12)23(27)28;18-11-6-10-9(5-15(22)27-14(10)7-13(11)21)8-26-17(25)20-4-2-1-3-12(19)16(23)24;18-13(16(22)23)3-1-2-6-19-17(24)25-9-10-7-15(21)26-14-8-11(20)4-5-12(10)14/h2-3,6,8,10-12,16H,4-5,7,9,22H2,1H3,(H,23,27)(H,25,26);1-2,5,7,9-10,15H,3-4,6,8,11,21H2,(H,22,26)(H,24,25);5-7,12,21H,1-4,8,19H2,(H,20,25)(H,23,24);4-5,7-8,13,20H,1-3,6,9,18H2,(H,19,24)(H,22,23)/t12?,16-;;12-;13-/m0.00/s1. The van der Waals surface area contributed by atoms with Crippen molar-refractivity contribution in [3.63, 3.8) is 0 Å². The molecule has 0 aliphatic rings. The van der Waals surface area contributed by atoms with Crippen molar-refractivity contribution in [3.05, 3.63) is 183 Å². The first kappa shape index (κ1) is 88.2. The first-order valence-corrected chi connectivity index (χ1v) is 36.1. The topological polar surface area (TPSA) is 620 Å². The molecule has 608 valence electrons. The lowest BCUT2D eigenvalue weighted by Crippen LogP contribution is -2.30. The summed E-state index contributed by atoms with van der Waals surface area (Å²) in [5.41, 5.74) is 23.7. The highest BCUT2D eigenvalue weighted by molar-refractivity contribution is 9.10. The lowest BCUT2D eigenvalue weighted by Gasteiger charge is -2.15. The SMILES string of the molecule is CC(OC(=O)NCCCC[C@H](N)C(=O)O)c1cc2c(cc1[N+](=O)[O-])oc1ccccc12.NC(CCCCNC(=O)OCc1cc2c(cc1[N+](=O)[O-])oc1ccccc12)C(=O)O.N[C@@H](CCCCNC(=O)OCc1cc(=O)oc2cc(O)c(Br)cc12)C(=O)O.N[C@@H](CCCCNC(=O)OCc1cc(=O)oc2cc(O)ccc12)C(=O)O. The van der Waals surface area contributed by atoms with Gasteiger partial charge < -0.3 is 111 Å². The first-order chi connectivity index (χ1) is 54.3. The molecule has 4 amide bonds. The van der Waals surface area contributed by atoms with Gasteiger partial charge in [0.2, 0.25) is 0 Å². The molecule has 6 aromatic carbocycles. The Morgan fingerprint density at radius 1 is 0.430 bits per heavy atom. The van der Waals surface area contributed by atoms with Crippen LogP contribution in [0.1, 0.15) is 112 Å². The van der Waals surface area contributed by atoms with Gasteiger partial charge >= 0.3 is 59.5 Å². The molecule has 5 atom stereocenters. The van der Waals surface area contributed by atoms with Crippen LogP contribution in [0, 0.1) is 20.2 Å². The van der Waals surface area contributed by atoms with Gasteiger partial charge in [-0.2, -0.15) is 0 Å². The molecule has 0 aliphatic carbocycles. The Hall–Kier alpha value is -13.0. The molecule has 18 N–H and O–H groups in total. The quantitative estimate of drug-likeness (QED) is 0.00586. The predicted molar refractivity (Wildman–Crippen MR) is 412 cm³/mol. The number of halogens is 1. The van der Waals surface area contributed by atoms with E-state index in [2.05, 4.69) is 37.2 Å². The van der Waals surface area contributed by atoms with E-state index in [0.717, 1.165) is 10.8 Å². The molecule has 114 heavy (non-hydrogen) atoms. The second kappa shape index (κ2) is 43.0. The molecule has 2 unspecified atom stereocenters. The highest BCUT2D eigenvalue weighted by Gasteiger charge is 2.27. The fourth-order valence-electron chi connectivity index (χ4n) is 11.1. The van der Waals surface area contributed by atoms with Gasteiger partial charge in [-0.25, -0.2) is 28.8 Å². The number of carbonyl (C=O) groups excluding carboxylic acids is 4. The number of para-hydroxylation sites is 2. The number of hydrogen-bond donors (Lipinski definition) is 14. The number of fused-ring (bicyclic) bond motifs is 8. The van der Waals surface area contributed by atoms with Crippen LogP contribution in [0.3, 0.4) is 0 Å². The molecule has 39 heteroatoms. The number of nitrogens with two attached hydrogens (primary N) is 4. The zero-order valence-corrected chi connectivity index (χ0v) is 62.6. The number of amides is 4. The number of carboxylic acids is 4. The minimum Gasteiger partial charge on any atom is -0.508 e. The van der Waals surface area contributed by atoms with E-state index in [1.54, 1.807) is 43.3 Å². The molecule has 4 heterocycles. The van der Waals surface area contributed by atoms with Gasteiger partial charge in [-0.05, 0) is 142 Å². The zero-order chi connectivity index (χ0) is 83.3. The van der Waals surface area contributed by atoms with E-state index in [1.807, 2.05) is 36.4 Å². The highest BCUT2D eigenvalue weighted by atomic mass is 79.9. The van der Waals surface area contributed by atoms with Gasteiger partial charge in [0.05, 0.1) is 37.6 Å². The molecule has 10 aromatic rings. The number of phenolic OH excluding ortho intramolecular Hbond substituents is 2. The number of aliphatic carboxylic acids is 4. The zero-order valence-electron chi connectivity index (χ0n) is 61.0. The lowest BCUT2D eigenvalue weighted by atomic mass is 10.0. The van der Waals surface area contributed by atoms with Crippen molar-refractivity contribution in [2.24, 2.45) is 22.9 Å². The number of nitrogens with one attached hydrogen (secondary N) is 4. The van der Waals surface area contributed by atoms with Crippen LogP contribution < -0.4 is 55.5 Å². The highest BCUT2D eigenvalue weighted by Crippen LogP contribution is 2.38. The Labute approximate surface area is 653 Å². The minimum atomic E-state index is -1.06. The van der Waals surface area contributed by atoms with Crippen LogP contribution in [0.5, 0.6) is 11.5 Å². The third-order valence-corrected chi connectivity index (χ3v) is 17.8. The van der Waals surface area contributed by atoms with Crippen LogP contribution in [0.15, 0.2) is 147 Å². The molecule has 0 fully saturated rings. The van der Waals surface area contributed by atoms with Crippen molar-refractivity contribution in [3.8, 4) is 11.5 Å². The summed E-state index contributed by atoms with van der Waals surface area (Å²) >= 11 is 3.18. The van der Waals surface area contributed by atoms with Gasteiger partial charge in [-0.1, -0.05) is 36.4 Å². The molecule has 0 spiro atoms. The van der Waals surface area contributed by atoms with Crippen molar-refractivity contribution in [2.45, 2.75) is 134 Å². The number of nitrogens with zero attached hydrogens (tertiary/aromatic N) is 2. The van der Waals surface area contributed by atoms with E-state index in [-0.39, 0.29) is 78.1 Å². The van der Waals surface area contributed by atoms with E-state index < -0.39 is 99.6 Å².